The van der Waals surface area contributed by atoms with Crippen molar-refractivity contribution in [2.24, 2.45) is 17.1 Å². The van der Waals surface area contributed by atoms with Crippen LogP contribution in [-0.4, -0.2) is 16.9 Å². The molecule has 1 unspecified atom stereocenters. The molecule has 1 aromatic heterocycles. The Morgan fingerprint density at radius 3 is 2.66 bits per heavy atom. The van der Waals surface area contributed by atoms with Crippen molar-refractivity contribution >= 4 is 45.5 Å². The smallest absolute Gasteiger partial charge is 0.257 e. The number of rotatable bonds is 3. The predicted molar refractivity (Wildman–Crippen MR) is 118 cm³/mol. The zero-order chi connectivity index (χ0) is 21.3. The zero-order valence-electron chi connectivity index (χ0n) is 16.6. The molecular formula is C21H24FN3O2S2. The van der Waals surface area contributed by atoms with Crippen LogP contribution in [0, 0.1) is 17.2 Å². The van der Waals surface area contributed by atoms with Gasteiger partial charge in [0.15, 0.2) is 5.11 Å². The lowest BCUT2D eigenvalue weighted by Gasteiger charge is -2.33. The highest BCUT2D eigenvalue weighted by molar-refractivity contribution is 7.80. The molecule has 3 rings (SSSR count). The second kappa shape index (κ2) is 8.20. The van der Waals surface area contributed by atoms with Gasteiger partial charge in [-0.2, -0.15) is 0 Å². The Hall–Kier alpha value is -2.32. The van der Waals surface area contributed by atoms with Crippen LogP contribution in [0.2, 0.25) is 0 Å². The zero-order valence-corrected chi connectivity index (χ0v) is 18.2. The van der Waals surface area contributed by atoms with Gasteiger partial charge >= 0.3 is 0 Å². The summed E-state index contributed by atoms with van der Waals surface area (Å²) in [5.74, 6) is -1.04. The van der Waals surface area contributed by atoms with Gasteiger partial charge in [0.25, 0.3) is 11.8 Å². The minimum absolute atomic E-state index is 0.0349. The summed E-state index contributed by atoms with van der Waals surface area (Å²) in [5, 5.41) is 6.04. The molecular weight excluding hydrogens is 409 g/mol. The molecule has 5 nitrogen and oxygen atoms in total. The van der Waals surface area contributed by atoms with Crippen molar-refractivity contribution in [2.75, 3.05) is 5.32 Å². The fourth-order valence-corrected chi connectivity index (χ4v) is 5.21. The first-order valence-corrected chi connectivity index (χ1v) is 10.6. The first kappa shape index (κ1) is 21.4. The number of carbonyl (C=O) groups excluding carboxylic acids is 2. The van der Waals surface area contributed by atoms with Crippen LogP contribution < -0.4 is 16.4 Å². The molecule has 2 aromatic rings. The van der Waals surface area contributed by atoms with Gasteiger partial charge in [-0.1, -0.05) is 26.8 Å². The molecule has 29 heavy (non-hydrogen) atoms. The molecule has 0 fully saturated rings. The molecule has 0 aliphatic heterocycles. The maximum absolute atomic E-state index is 13.3. The van der Waals surface area contributed by atoms with Crippen molar-refractivity contribution in [3.8, 4) is 0 Å². The average molecular weight is 434 g/mol. The molecule has 154 valence electrons. The summed E-state index contributed by atoms with van der Waals surface area (Å²) in [6.07, 6.45) is 2.66. The number of nitrogens with two attached hydrogens (primary N) is 1. The van der Waals surface area contributed by atoms with E-state index in [1.807, 2.05) is 0 Å². The number of benzene rings is 1. The Kier molecular flexibility index (Phi) is 6.05. The molecule has 1 aliphatic carbocycles. The molecule has 1 aliphatic rings. The van der Waals surface area contributed by atoms with Crippen LogP contribution in [0.25, 0.3) is 0 Å². The number of hydrogen-bond donors (Lipinski definition) is 3. The van der Waals surface area contributed by atoms with Crippen molar-refractivity contribution < 1.29 is 14.0 Å². The first-order chi connectivity index (χ1) is 13.6. The van der Waals surface area contributed by atoms with E-state index in [0.29, 0.717) is 16.5 Å². The summed E-state index contributed by atoms with van der Waals surface area (Å²) in [5.41, 5.74) is 7.40. The Labute approximate surface area is 178 Å². The third-order valence-electron chi connectivity index (χ3n) is 5.28. The number of fused-ring (bicyclic) bond motifs is 1. The number of carbonyl (C=O) groups is 2. The van der Waals surface area contributed by atoms with E-state index in [0.717, 1.165) is 35.8 Å². The number of hydrogen-bond acceptors (Lipinski definition) is 4. The number of amides is 2. The molecule has 1 atom stereocenters. The monoisotopic (exact) mass is 433 g/mol. The van der Waals surface area contributed by atoms with Crippen molar-refractivity contribution in [3.05, 3.63) is 51.7 Å². The van der Waals surface area contributed by atoms with Crippen LogP contribution in [0.3, 0.4) is 0 Å². The second-order valence-corrected chi connectivity index (χ2v) is 9.81. The number of thiophene rings is 1. The summed E-state index contributed by atoms with van der Waals surface area (Å²) in [7, 11) is 0. The van der Waals surface area contributed by atoms with Crippen molar-refractivity contribution in [2.45, 2.75) is 40.0 Å². The lowest BCUT2D eigenvalue weighted by molar-refractivity contribution is 0.0975. The third-order valence-corrected chi connectivity index (χ3v) is 6.65. The number of halogens is 1. The lowest BCUT2D eigenvalue weighted by atomic mass is 9.72. The Balaban J connectivity index is 1.79. The minimum Gasteiger partial charge on any atom is -0.365 e. The van der Waals surface area contributed by atoms with E-state index in [2.05, 4.69) is 31.4 Å². The molecule has 8 heteroatoms. The molecule has 1 heterocycles. The van der Waals surface area contributed by atoms with Gasteiger partial charge in [-0.15, -0.1) is 11.3 Å². The highest BCUT2D eigenvalue weighted by Crippen LogP contribution is 2.44. The van der Waals surface area contributed by atoms with E-state index in [9.17, 15) is 14.0 Å². The van der Waals surface area contributed by atoms with E-state index in [1.54, 1.807) is 0 Å². The molecule has 0 saturated heterocycles. The number of anilines is 1. The highest BCUT2D eigenvalue weighted by Gasteiger charge is 2.33. The molecule has 2 amide bonds. The van der Waals surface area contributed by atoms with E-state index in [4.69, 9.17) is 18.0 Å². The summed E-state index contributed by atoms with van der Waals surface area (Å²) < 4.78 is 13.3. The standard InChI is InChI=1S/C21H24FN3O2S2/c1-21(2,3)12-7-8-14-15(10-12)29-19(16(14)17(23)26)25-20(28)24-18(27)11-5-4-6-13(22)9-11/h4-6,9,12H,7-8,10H2,1-3H3,(H2,23,26)(H2,24,25,27,28). The van der Waals surface area contributed by atoms with Crippen molar-refractivity contribution in [3.63, 3.8) is 0 Å². The van der Waals surface area contributed by atoms with Crippen molar-refractivity contribution in [1.82, 2.24) is 5.32 Å². The van der Waals surface area contributed by atoms with Gasteiger partial charge in [0.05, 0.1) is 5.56 Å². The molecule has 0 radical (unpaired) electrons. The first-order valence-electron chi connectivity index (χ1n) is 9.38. The van der Waals surface area contributed by atoms with Crippen LogP contribution in [0.1, 0.15) is 58.3 Å². The molecule has 0 spiro atoms. The maximum atomic E-state index is 13.3. The molecule has 0 saturated carbocycles. The molecule has 1 aromatic carbocycles. The van der Waals surface area contributed by atoms with Crippen molar-refractivity contribution in [1.29, 1.82) is 0 Å². The van der Waals surface area contributed by atoms with Gasteiger partial charge in [-0.25, -0.2) is 4.39 Å². The van der Waals surface area contributed by atoms with E-state index in [1.165, 1.54) is 29.5 Å². The Morgan fingerprint density at radius 1 is 1.31 bits per heavy atom. The Morgan fingerprint density at radius 2 is 2.03 bits per heavy atom. The van der Waals surface area contributed by atoms with Gasteiger partial charge in [-0.3, -0.25) is 14.9 Å². The van der Waals surface area contributed by atoms with Gasteiger partial charge in [-0.05, 0) is 66.6 Å². The van der Waals surface area contributed by atoms with E-state index < -0.39 is 17.6 Å². The normalized spacial score (nSPS) is 16.1. The van der Waals surface area contributed by atoms with Gasteiger partial charge in [0.2, 0.25) is 0 Å². The summed E-state index contributed by atoms with van der Waals surface area (Å²) in [6, 6.07) is 5.33. The maximum Gasteiger partial charge on any atom is 0.257 e. The van der Waals surface area contributed by atoms with Crippen LogP contribution in [0.15, 0.2) is 24.3 Å². The number of primary amides is 1. The number of thiocarbonyl (C=S) groups is 1. The fraction of sp³-hybridized carbons (Fsp3) is 0.381. The summed E-state index contributed by atoms with van der Waals surface area (Å²) in [4.78, 5) is 25.5. The SMILES string of the molecule is CC(C)(C)C1CCc2c(sc(NC(=S)NC(=O)c3cccc(F)c3)c2C(N)=O)C1. The van der Waals surface area contributed by atoms with Gasteiger partial charge in [0, 0.05) is 10.4 Å². The average Bonchev–Trinajstić information content (AvgIpc) is 2.97. The summed E-state index contributed by atoms with van der Waals surface area (Å²) in [6.45, 7) is 6.67. The van der Waals surface area contributed by atoms with Crippen LogP contribution in [0.5, 0.6) is 0 Å². The Bertz CT molecular complexity index is 979. The topological polar surface area (TPSA) is 84.2 Å². The predicted octanol–water partition coefficient (Wildman–Crippen LogP) is 4.26. The second-order valence-electron chi connectivity index (χ2n) is 8.30. The van der Waals surface area contributed by atoms with Crippen LogP contribution in [-0.2, 0) is 12.8 Å². The molecule has 0 bridgehead atoms. The minimum atomic E-state index is -0.531. The quantitative estimate of drug-likeness (QED) is 0.632. The summed E-state index contributed by atoms with van der Waals surface area (Å²) >= 11 is 6.69. The molecule has 4 N–H and O–H groups in total. The van der Waals surface area contributed by atoms with E-state index >= 15 is 0 Å². The number of nitrogens with one attached hydrogen (secondary N) is 2. The van der Waals surface area contributed by atoms with Crippen LogP contribution >= 0.6 is 23.6 Å². The van der Waals surface area contributed by atoms with E-state index in [-0.39, 0.29) is 16.1 Å². The van der Waals surface area contributed by atoms with Gasteiger partial charge in [0.1, 0.15) is 10.8 Å². The fourth-order valence-electron chi connectivity index (χ4n) is 3.61. The van der Waals surface area contributed by atoms with Crippen LogP contribution in [0.4, 0.5) is 9.39 Å². The van der Waals surface area contributed by atoms with Gasteiger partial charge < -0.3 is 11.1 Å². The lowest BCUT2D eigenvalue weighted by Crippen LogP contribution is -2.34. The third kappa shape index (κ3) is 4.82. The highest BCUT2D eigenvalue weighted by atomic mass is 32.1. The largest absolute Gasteiger partial charge is 0.365 e.